The van der Waals surface area contributed by atoms with Crippen molar-refractivity contribution in [3.8, 4) is 0 Å². The second-order valence-corrected chi connectivity index (χ2v) is 7.20. The predicted molar refractivity (Wildman–Crippen MR) is 99.4 cm³/mol. The van der Waals surface area contributed by atoms with Crippen molar-refractivity contribution in [1.82, 2.24) is 9.55 Å². The minimum atomic E-state index is -5.33. The highest BCUT2D eigenvalue weighted by molar-refractivity contribution is 6.29. The van der Waals surface area contributed by atoms with Crippen LogP contribution in [0.5, 0.6) is 0 Å². The third kappa shape index (κ3) is 5.88. The minimum absolute atomic E-state index is 0.210. The molecule has 1 heterocycles. The zero-order chi connectivity index (χ0) is 25.5. The third-order valence-electron chi connectivity index (χ3n) is 4.37. The second kappa shape index (κ2) is 8.93. The SMILES string of the molecule is Fc1ccc(Cn2c(Cl)cc(C(F)(F)F)nc2=Nc2ccc(C(F)(F)F)cc2C(F)(F)F)cc1. The Balaban J connectivity index is 2.29. The summed E-state index contributed by atoms with van der Waals surface area (Å²) >= 11 is 5.92. The first-order valence-corrected chi connectivity index (χ1v) is 9.35. The van der Waals surface area contributed by atoms with Crippen LogP contribution in [0.25, 0.3) is 0 Å². The van der Waals surface area contributed by atoms with E-state index in [-0.39, 0.29) is 18.2 Å². The highest BCUT2D eigenvalue weighted by atomic mass is 35.5. The van der Waals surface area contributed by atoms with Crippen LogP contribution in [-0.4, -0.2) is 9.55 Å². The van der Waals surface area contributed by atoms with Crippen LogP contribution < -0.4 is 5.62 Å². The molecule has 0 atom stereocenters. The minimum Gasteiger partial charge on any atom is -0.296 e. The van der Waals surface area contributed by atoms with E-state index in [1.165, 1.54) is 12.1 Å². The molecule has 3 rings (SSSR count). The molecule has 34 heavy (non-hydrogen) atoms. The summed E-state index contributed by atoms with van der Waals surface area (Å²) in [5, 5.41) is -0.633. The third-order valence-corrected chi connectivity index (χ3v) is 4.68. The van der Waals surface area contributed by atoms with Crippen LogP contribution >= 0.6 is 11.6 Å². The van der Waals surface area contributed by atoms with Crippen LogP contribution in [0, 0.1) is 5.82 Å². The average molecular weight is 518 g/mol. The Morgan fingerprint density at radius 2 is 1.41 bits per heavy atom. The summed E-state index contributed by atoms with van der Waals surface area (Å²) in [6, 6.07) is 5.38. The van der Waals surface area contributed by atoms with Crippen LogP contribution in [0.4, 0.5) is 49.6 Å². The molecule has 0 unspecified atom stereocenters. The van der Waals surface area contributed by atoms with Gasteiger partial charge in [-0.1, -0.05) is 23.7 Å². The Bertz CT molecular complexity index is 1260. The Labute approximate surface area is 189 Å². The standard InChI is InChI=1S/C20H10ClF10N3/c21-16-8-15(20(29,30)31)33-17(34(16)9-10-1-4-12(22)5-2-10)32-14-6-3-11(18(23,24)25)7-13(14)19(26,27)28/h1-8H,9H2. The van der Waals surface area contributed by atoms with Gasteiger partial charge in [-0.25, -0.2) is 14.4 Å². The zero-order valence-corrected chi connectivity index (χ0v) is 17.1. The summed E-state index contributed by atoms with van der Waals surface area (Å²) in [5.74, 6) is -0.630. The van der Waals surface area contributed by atoms with Gasteiger partial charge in [-0.3, -0.25) is 4.57 Å². The van der Waals surface area contributed by atoms with Crippen molar-refractivity contribution in [3.63, 3.8) is 0 Å². The van der Waals surface area contributed by atoms with Crippen LogP contribution in [0.3, 0.4) is 0 Å². The van der Waals surface area contributed by atoms with Crippen LogP contribution in [-0.2, 0) is 25.1 Å². The number of aromatic nitrogens is 2. The van der Waals surface area contributed by atoms with E-state index in [0.29, 0.717) is 18.2 Å². The van der Waals surface area contributed by atoms with E-state index in [1.807, 2.05) is 0 Å². The molecular weight excluding hydrogens is 508 g/mol. The topological polar surface area (TPSA) is 30.2 Å². The van der Waals surface area contributed by atoms with Gasteiger partial charge in [0.15, 0.2) is 5.69 Å². The Morgan fingerprint density at radius 3 is 1.94 bits per heavy atom. The van der Waals surface area contributed by atoms with Crippen molar-refractivity contribution < 1.29 is 43.9 Å². The molecule has 2 aromatic carbocycles. The van der Waals surface area contributed by atoms with Crippen molar-refractivity contribution in [2.24, 2.45) is 4.99 Å². The maximum atomic E-state index is 13.5. The molecule has 0 N–H and O–H groups in total. The molecule has 0 fully saturated rings. The molecule has 0 aliphatic rings. The van der Waals surface area contributed by atoms with E-state index in [9.17, 15) is 43.9 Å². The fourth-order valence-electron chi connectivity index (χ4n) is 2.78. The summed E-state index contributed by atoms with van der Waals surface area (Å²) in [7, 11) is 0. The van der Waals surface area contributed by atoms with Gasteiger partial charge >= 0.3 is 18.5 Å². The van der Waals surface area contributed by atoms with Crippen molar-refractivity contribution in [2.45, 2.75) is 25.1 Å². The first kappa shape index (κ1) is 25.5. The van der Waals surface area contributed by atoms with Gasteiger partial charge in [0.2, 0.25) is 5.62 Å². The van der Waals surface area contributed by atoms with E-state index >= 15 is 0 Å². The molecule has 3 nitrogen and oxygen atoms in total. The average Bonchev–Trinajstić information content (AvgIpc) is 2.69. The maximum Gasteiger partial charge on any atom is 0.433 e. The summed E-state index contributed by atoms with van der Waals surface area (Å²) in [6.07, 6.45) is -15.5. The highest BCUT2D eigenvalue weighted by Gasteiger charge is 2.38. The number of benzene rings is 2. The fourth-order valence-corrected chi connectivity index (χ4v) is 3.02. The van der Waals surface area contributed by atoms with Crippen molar-refractivity contribution in [1.29, 1.82) is 0 Å². The maximum absolute atomic E-state index is 13.5. The van der Waals surface area contributed by atoms with Gasteiger partial charge in [0.1, 0.15) is 11.0 Å². The van der Waals surface area contributed by atoms with Crippen molar-refractivity contribution >= 4 is 17.3 Å². The largest absolute Gasteiger partial charge is 0.433 e. The van der Waals surface area contributed by atoms with Gasteiger partial charge < -0.3 is 0 Å². The first-order chi connectivity index (χ1) is 15.6. The monoisotopic (exact) mass is 517 g/mol. The van der Waals surface area contributed by atoms with Crippen LogP contribution in [0.1, 0.15) is 22.4 Å². The Morgan fingerprint density at radius 1 is 0.794 bits per heavy atom. The van der Waals surface area contributed by atoms with Crippen molar-refractivity contribution in [2.75, 3.05) is 0 Å². The second-order valence-electron chi connectivity index (χ2n) is 6.81. The molecule has 0 aliphatic carbocycles. The lowest BCUT2D eigenvalue weighted by Crippen LogP contribution is -2.29. The molecule has 0 spiro atoms. The van der Waals surface area contributed by atoms with Gasteiger partial charge in [-0.05, 0) is 35.9 Å². The molecule has 0 amide bonds. The molecule has 0 aliphatic heterocycles. The molecule has 3 aromatic rings. The van der Waals surface area contributed by atoms with E-state index in [2.05, 4.69) is 9.98 Å². The highest BCUT2D eigenvalue weighted by Crippen LogP contribution is 2.40. The molecule has 14 heteroatoms. The predicted octanol–water partition coefficient (Wildman–Crippen LogP) is 7.01. The van der Waals surface area contributed by atoms with Crippen molar-refractivity contribution in [3.05, 3.63) is 87.5 Å². The molecule has 182 valence electrons. The fraction of sp³-hybridized carbons (Fsp3) is 0.200. The Kier molecular flexibility index (Phi) is 6.71. The van der Waals surface area contributed by atoms with Gasteiger partial charge in [-0.15, -0.1) is 0 Å². The molecule has 0 saturated carbocycles. The summed E-state index contributed by atoms with van der Waals surface area (Å²) in [6.45, 7) is -0.384. The first-order valence-electron chi connectivity index (χ1n) is 8.98. The smallest absolute Gasteiger partial charge is 0.296 e. The number of halogens is 11. The molecule has 0 radical (unpaired) electrons. The molecule has 1 aromatic heterocycles. The molecular formula is C20H10ClF10N3. The normalized spacial score (nSPS) is 13.4. The molecule has 0 bridgehead atoms. The van der Waals surface area contributed by atoms with Crippen LogP contribution in [0.2, 0.25) is 5.15 Å². The zero-order valence-electron chi connectivity index (χ0n) is 16.3. The number of nitrogens with zero attached hydrogens (tertiary/aromatic N) is 3. The van der Waals surface area contributed by atoms with Gasteiger partial charge in [0.05, 0.1) is 23.4 Å². The van der Waals surface area contributed by atoms with E-state index in [0.717, 1.165) is 16.7 Å². The Hall–Kier alpha value is -3.09. The number of alkyl halides is 9. The van der Waals surface area contributed by atoms with E-state index < -0.39 is 57.6 Å². The van der Waals surface area contributed by atoms with Gasteiger partial charge in [0, 0.05) is 6.07 Å². The number of hydrogen-bond donors (Lipinski definition) is 0. The number of hydrogen-bond acceptors (Lipinski definition) is 2. The van der Waals surface area contributed by atoms with E-state index in [1.54, 1.807) is 0 Å². The van der Waals surface area contributed by atoms with Gasteiger partial charge in [-0.2, -0.15) is 39.5 Å². The summed E-state index contributed by atoms with van der Waals surface area (Å²) in [5.41, 5.74) is -6.87. The lowest BCUT2D eigenvalue weighted by Gasteiger charge is -2.15. The van der Waals surface area contributed by atoms with Gasteiger partial charge in [0.25, 0.3) is 0 Å². The number of rotatable bonds is 3. The lowest BCUT2D eigenvalue weighted by atomic mass is 10.1. The van der Waals surface area contributed by atoms with Crippen LogP contribution in [0.15, 0.2) is 53.5 Å². The summed E-state index contributed by atoms with van der Waals surface area (Å²) in [4.78, 5) is 6.72. The lowest BCUT2D eigenvalue weighted by molar-refractivity contribution is -0.143. The summed E-state index contributed by atoms with van der Waals surface area (Å²) < 4.78 is 133. The van der Waals surface area contributed by atoms with E-state index in [4.69, 9.17) is 11.6 Å². The quantitative estimate of drug-likeness (QED) is 0.271. The molecule has 0 saturated heterocycles.